The van der Waals surface area contributed by atoms with Crippen LogP contribution in [0.4, 0.5) is 0 Å². The summed E-state index contributed by atoms with van der Waals surface area (Å²) >= 11 is 0. The fourth-order valence-electron chi connectivity index (χ4n) is 2.38. The number of carbonyl (C=O) groups excluding carboxylic acids is 1. The van der Waals surface area contributed by atoms with Crippen molar-refractivity contribution in [3.63, 3.8) is 0 Å². The molecule has 0 aromatic rings. The second-order valence-electron chi connectivity index (χ2n) is 4.83. The maximum Gasteiger partial charge on any atom is 0.323 e. The van der Waals surface area contributed by atoms with Crippen LogP contribution in [0.5, 0.6) is 0 Å². The minimum Gasteiger partial charge on any atom is -0.465 e. The number of hydrogen-bond donors (Lipinski definition) is 2. The van der Waals surface area contributed by atoms with Gasteiger partial charge in [-0.25, -0.2) is 0 Å². The molecule has 0 radical (unpaired) electrons. The summed E-state index contributed by atoms with van der Waals surface area (Å²) in [6, 6.07) is -0.183. The molecule has 0 spiro atoms. The lowest BCUT2D eigenvalue weighted by Gasteiger charge is -2.19. The molecule has 100 valence electrons. The van der Waals surface area contributed by atoms with Gasteiger partial charge in [0.1, 0.15) is 6.04 Å². The van der Waals surface area contributed by atoms with Gasteiger partial charge in [-0.15, -0.1) is 0 Å². The number of hydrogen-bond acceptors (Lipinski definition) is 4. The lowest BCUT2D eigenvalue weighted by molar-refractivity contribution is -0.145. The Labute approximate surface area is 104 Å². The van der Waals surface area contributed by atoms with Gasteiger partial charge in [0.25, 0.3) is 0 Å². The molecule has 3 unspecified atom stereocenters. The Balaban J connectivity index is 2.30. The summed E-state index contributed by atoms with van der Waals surface area (Å²) in [4.78, 5) is 11.7. The molecule has 0 saturated heterocycles. The molecular weight excluding hydrogens is 218 g/mol. The van der Waals surface area contributed by atoms with Gasteiger partial charge in [0.05, 0.1) is 12.7 Å². The Bertz CT molecular complexity index is 233. The van der Waals surface area contributed by atoms with Crippen molar-refractivity contribution in [2.24, 2.45) is 5.92 Å². The first-order valence-corrected chi connectivity index (χ1v) is 6.75. The molecule has 1 aliphatic carbocycles. The van der Waals surface area contributed by atoms with Crippen LogP contribution in [-0.4, -0.2) is 36.4 Å². The Morgan fingerprint density at radius 3 is 2.76 bits per heavy atom. The number of nitrogens with one attached hydrogen (secondary N) is 1. The first kappa shape index (κ1) is 14.5. The van der Waals surface area contributed by atoms with Crippen LogP contribution in [0.25, 0.3) is 0 Å². The van der Waals surface area contributed by atoms with Crippen LogP contribution in [0.15, 0.2) is 0 Å². The smallest absolute Gasteiger partial charge is 0.323 e. The van der Waals surface area contributed by atoms with Gasteiger partial charge in [-0.2, -0.15) is 0 Å². The van der Waals surface area contributed by atoms with Crippen LogP contribution in [0.3, 0.4) is 0 Å². The van der Waals surface area contributed by atoms with Crippen molar-refractivity contribution in [2.45, 2.75) is 58.1 Å². The van der Waals surface area contributed by atoms with Gasteiger partial charge in [-0.05, 0) is 45.1 Å². The summed E-state index contributed by atoms with van der Waals surface area (Å²) in [6.45, 7) is 5.13. The summed E-state index contributed by atoms with van der Waals surface area (Å²) < 4.78 is 5.04. The van der Waals surface area contributed by atoms with E-state index >= 15 is 0 Å². The highest BCUT2D eigenvalue weighted by Gasteiger charge is 2.25. The van der Waals surface area contributed by atoms with Gasteiger partial charge in [0, 0.05) is 0 Å². The van der Waals surface area contributed by atoms with Crippen molar-refractivity contribution in [3.05, 3.63) is 0 Å². The zero-order valence-corrected chi connectivity index (χ0v) is 10.9. The fraction of sp³-hybridized carbons (Fsp3) is 0.923. The molecule has 1 fully saturated rings. The molecule has 0 aromatic carbocycles. The SMILES string of the molecule is CCCC(NCC1CCC(O)C1)C(=O)OCC. The number of carbonyl (C=O) groups is 1. The number of ether oxygens (including phenoxy) is 1. The van der Waals surface area contributed by atoms with Crippen LogP contribution in [0, 0.1) is 5.92 Å². The van der Waals surface area contributed by atoms with Crippen LogP contribution >= 0.6 is 0 Å². The van der Waals surface area contributed by atoms with Crippen LogP contribution in [-0.2, 0) is 9.53 Å². The van der Waals surface area contributed by atoms with Gasteiger partial charge < -0.3 is 15.2 Å². The number of aliphatic hydroxyl groups is 1. The molecule has 1 rings (SSSR count). The third kappa shape index (κ3) is 5.04. The molecule has 4 heteroatoms. The second-order valence-corrected chi connectivity index (χ2v) is 4.83. The first-order chi connectivity index (χ1) is 8.17. The van der Waals surface area contributed by atoms with E-state index in [2.05, 4.69) is 12.2 Å². The molecule has 0 aliphatic heterocycles. The summed E-state index contributed by atoms with van der Waals surface area (Å²) in [7, 11) is 0. The molecule has 1 aliphatic rings. The monoisotopic (exact) mass is 243 g/mol. The molecule has 2 N–H and O–H groups in total. The molecule has 0 aromatic heterocycles. The van der Waals surface area contributed by atoms with Crippen molar-refractivity contribution in [3.8, 4) is 0 Å². The van der Waals surface area contributed by atoms with E-state index in [-0.39, 0.29) is 18.1 Å². The minimum absolute atomic E-state index is 0.144. The fourth-order valence-corrected chi connectivity index (χ4v) is 2.38. The van der Waals surface area contributed by atoms with Crippen molar-refractivity contribution in [1.29, 1.82) is 0 Å². The highest BCUT2D eigenvalue weighted by atomic mass is 16.5. The predicted octanol–water partition coefficient (Wildman–Crippen LogP) is 1.47. The number of rotatable bonds is 7. The van der Waals surface area contributed by atoms with E-state index in [4.69, 9.17) is 4.74 Å². The maximum atomic E-state index is 11.7. The normalized spacial score (nSPS) is 25.8. The lowest BCUT2D eigenvalue weighted by Crippen LogP contribution is -2.40. The van der Waals surface area contributed by atoms with Crippen molar-refractivity contribution in [1.82, 2.24) is 5.32 Å². The summed E-state index contributed by atoms with van der Waals surface area (Å²) in [6.07, 6.45) is 4.43. The minimum atomic E-state index is -0.183. The average molecular weight is 243 g/mol. The topological polar surface area (TPSA) is 58.6 Å². The van der Waals surface area contributed by atoms with Gasteiger partial charge in [0.15, 0.2) is 0 Å². The molecule has 0 heterocycles. The maximum absolute atomic E-state index is 11.7. The Kier molecular flexibility index (Phi) is 6.52. The highest BCUT2D eigenvalue weighted by molar-refractivity contribution is 5.75. The summed E-state index contributed by atoms with van der Waals surface area (Å²) in [5.74, 6) is 0.353. The van der Waals surface area contributed by atoms with E-state index in [0.717, 1.165) is 38.6 Å². The van der Waals surface area contributed by atoms with Gasteiger partial charge in [-0.1, -0.05) is 13.3 Å². The van der Waals surface area contributed by atoms with E-state index in [9.17, 15) is 9.90 Å². The van der Waals surface area contributed by atoms with Crippen molar-refractivity contribution in [2.75, 3.05) is 13.2 Å². The van der Waals surface area contributed by atoms with Crippen LogP contribution in [0.1, 0.15) is 46.0 Å². The molecule has 1 saturated carbocycles. The largest absolute Gasteiger partial charge is 0.465 e. The van der Waals surface area contributed by atoms with E-state index < -0.39 is 0 Å². The zero-order chi connectivity index (χ0) is 12.7. The number of esters is 1. The van der Waals surface area contributed by atoms with Crippen LogP contribution in [0.2, 0.25) is 0 Å². The predicted molar refractivity (Wildman–Crippen MR) is 66.7 cm³/mol. The molecule has 3 atom stereocenters. The van der Waals surface area contributed by atoms with E-state index in [1.54, 1.807) is 0 Å². The lowest BCUT2D eigenvalue weighted by atomic mass is 10.1. The Morgan fingerprint density at radius 2 is 2.24 bits per heavy atom. The molecule has 4 nitrogen and oxygen atoms in total. The van der Waals surface area contributed by atoms with E-state index in [0.29, 0.717) is 12.5 Å². The van der Waals surface area contributed by atoms with E-state index in [1.165, 1.54) is 0 Å². The highest BCUT2D eigenvalue weighted by Crippen LogP contribution is 2.24. The zero-order valence-electron chi connectivity index (χ0n) is 10.9. The van der Waals surface area contributed by atoms with Crippen LogP contribution < -0.4 is 5.32 Å². The van der Waals surface area contributed by atoms with Crippen molar-refractivity contribution < 1.29 is 14.6 Å². The molecule has 17 heavy (non-hydrogen) atoms. The van der Waals surface area contributed by atoms with Gasteiger partial charge in [-0.3, -0.25) is 4.79 Å². The number of aliphatic hydroxyl groups excluding tert-OH is 1. The second kappa shape index (κ2) is 7.67. The first-order valence-electron chi connectivity index (χ1n) is 6.75. The third-order valence-corrected chi connectivity index (χ3v) is 3.31. The third-order valence-electron chi connectivity index (χ3n) is 3.31. The van der Waals surface area contributed by atoms with Gasteiger partial charge in [0.2, 0.25) is 0 Å². The molecule has 0 bridgehead atoms. The standard InChI is InChI=1S/C13H25NO3/c1-3-5-12(13(16)17-4-2)14-9-10-6-7-11(15)8-10/h10-12,14-15H,3-9H2,1-2H3. The quantitative estimate of drug-likeness (QED) is 0.665. The summed E-state index contributed by atoms with van der Waals surface area (Å²) in [5.41, 5.74) is 0. The van der Waals surface area contributed by atoms with Crippen molar-refractivity contribution >= 4 is 5.97 Å². The van der Waals surface area contributed by atoms with Gasteiger partial charge >= 0.3 is 5.97 Å². The van der Waals surface area contributed by atoms with E-state index in [1.807, 2.05) is 6.92 Å². The molecule has 0 amide bonds. The Hall–Kier alpha value is -0.610. The molecular formula is C13H25NO3. The Morgan fingerprint density at radius 1 is 1.47 bits per heavy atom. The summed E-state index contributed by atoms with van der Waals surface area (Å²) in [5, 5.41) is 12.7. The average Bonchev–Trinajstić information content (AvgIpc) is 2.70.